The van der Waals surface area contributed by atoms with Gasteiger partial charge in [0.25, 0.3) is 0 Å². The zero-order valence-corrected chi connectivity index (χ0v) is 13.4. The number of nitrogens with zero attached hydrogens (tertiary/aromatic N) is 3. The number of halogens is 19. The number of hydrogen-bond acceptors (Lipinski definition) is 4. The summed E-state index contributed by atoms with van der Waals surface area (Å²) in [7, 11) is 0. The van der Waals surface area contributed by atoms with Gasteiger partial charge in [-0.05, 0) is 0 Å². The van der Waals surface area contributed by atoms with Crippen LogP contribution in [-0.2, 0) is 4.84 Å². The van der Waals surface area contributed by atoms with Gasteiger partial charge in [0, 0.05) is 5.12 Å². The van der Waals surface area contributed by atoms with Crippen LogP contribution in [0.15, 0.2) is 4.99 Å². The number of aliphatic imine (C=N–C) groups is 1. The first-order valence-corrected chi connectivity index (χ1v) is 6.55. The third kappa shape index (κ3) is 3.65. The fourth-order valence-electron chi connectivity index (χ4n) is 1.57. The van der Waals surface area contributed by atoms with Crippen molar-refractivity contribution < 1.29 is 88.3 Å². The molecule has 190 valence electrons. The Morgan fingerprint density at radius 1 is 0.656 bits per heavy atom. The van der Waals surface area contributed by atoms with Crippen LogP contribution < -0.4 is 0 Å². The molecule has 0 spiro atoms. The van der Waals surface area contributed by atoms with Gasteiger partial charge in [-0.3, -0.25) is 0 Å². The van der Waals surface area contributed by atoms with E-state index in [2.05, 4.69) is 0 Å². The van der Waals surface area contributed by atoms with Crippen LogP contribution >= 0.6 is 0 Å². The minimum absolute atomic E-state index is 0.927. The number of hydroxylamine groups is 2. The van der Waals surface area contributed by atoms with Crippen LogP contribution in [-0.4, -0.2) is 64.6 Å². The number of rotatable bonds is 6. The highest BCUT2D eigenvalue weighted by molar-refractivity contribution is 5.72. The second-order valence-corrected chi connectivity index (χ2v) is 5.38. The molecule has 0 aromatic rings. The maximum absolute atomic E-state index is 13.3. The molecular formula is C9F19N3O. The molecule has 0 aromatic carbocycles. The third-order valence-corrected chi connectivity index (χ3v) is 3.22. The van der Waals surface area contributed by atoms with Crippen LogP contribution in [0.1, 0.15) is 0 Å². The summed E-state index contributed by atoms with van der Waals surface area (Å²) in [5.41, 5.74) is 0. The molecule has 32 heavy (non-hydrogen) atoms. The molecule has 0 saturated heterocycles. The molecule has 1 rings (SSSR count). The Balaban J connectivity index is 3.53. The minimum atomic E-state index is -8.54. The molecule has 0 N–H and O–H groups in total. The molecule has 0 aromatic heterocycles. The molecule has 4 nitrogen and oxygen atoms in total. The summed E-state index contributed by atoms with van der Waals surface area (Å²) >= 11 is 0. The second kappa shape index (κ2) is 7.03. The summed E-state index contributed by atoms with van der Waals surface area (Å²) in [6, 6.07) is 0. The molecule has 0 amide bonds. The predicted octanol–water partition coefficient (Wildman–Crippen LogP) is 5.54. The molecule has 0 unspecified atom stereocenters. The lowest BCUT2D eigenvalue weighted by Gasteiger charge is -2.42. The van der Waals surface area contributed by atoms with Crippen molar-refractivity contribution in [3.8, 4) is 0 Å². The predicted molar refractivity (Wildman–Crippen MR) is 55.1 cm³/mol. The van der Waals surface area contributed by atoms with Crippen molar-refractivity contribution in [3.63, 3.8) is 0 Å². The van der Waals surface area contributed by atoms with E-state index in [1.807, 2.05) is 4.84 Å². The average molecular weight is 527 g/mol. The lowest BCUT2D eigenvalue weighted by Crippen LogP contribution is -2.72. The van der Waals surface area contributed by atoms with Gasteiger partial charge in [-0.2, -0.15) is 88.9 Å². The molecule has 1 aliphatic rings. The Hall–Kier alpha value is -1.94. The summed E-state index contributed by atoms with van der Waals surface area (Å²) in [5.74, 6) is -33.6. The SMILES string of the molecule is FC1=NC(F)(F)N(F)C(F)(F)N1OC(F)(F)C(F)(F)C(F)(F)C(F)(F)C(F)(F)C(F)(F)F. The van der Waals surface area contributed by atoms with Crippen molar-refractivity contribution >= 4 is 6.09 Å². The maximum atomic E-state index is 13.3. The summed E-state index contributed by atoms with van der Waals surface area (Å²) < 4.78 is 243. The smallest absolute Gasteiger partial charge is 0.192 e. The quantitative estimate of drug-likeness (QED) is 0.258. The first-order valence-electron chi connectivity index (χ1n) is 6.55. The third-order valence-electron chi connectivity index (χ3n) is 3.22. The molecule has 0 radical (unpaired) electrons. The van der Waals surface area contributed by atoms with Crippen molar-refractivity contribution in [2.75, 3.05) is 0 Å². The molecule has 23 heteroatoms. The van der Waals surface area contributed by atoms with Crippen molar-refractivity contribution in [1.82, 2.24) is 10.2 Å². The van der Waals surface area contributed by atoms with Gasteiger partial charge in [0.15, 0.2) is 0 Å². The minimum Gasteiger partial charge on any atom is -0.192 e. The Kier molecular flexibility index (Phi) is 6.17. The fraction of sp³-hybridized carbons (Fsp3) is 0.889. The summed E-state index contributed by atoms with van der Waals surface area (Å²) in [4.78, 5) is 2.78. The van der Waals surface area contributed by atoms with E-state index in [1.165, 1.54) is 0 Å². The van der Waals surface area contributed by atoms with Gasteiger partial charge < -0.3 is 0 Å². The maximum Gasteiger partial charge on any atom is 0.460 e. The molecule has 1 aliphatic heterocycles. The Labute approximate surface area is 159 Å². The molecule has 1 heterocycles. The summed E-state index contributed by atoms with van der Waals surface area (Å²) in [6.07, 6.45) is -32.2. The monoisotopic (exact) mass is 527 g/mol. The summed E-state index contributed by atoms with van der Waals surface area (Å²) in [5, 5.41) is -6.34. The van der Waals surface area contributed by atoms with E-state index in [0.29, 0.717) is 0 Å². The van der Waals surface area contributed by atoms with Crippen molar-refractivity contribution in [3.05, 3.63) is 0 Å². The number of amidine groups is 1. The second-order valence-electron chi connectivity index (χ2n) is 5.38. The topological polar surface area (TPSA) is 28.1 Å². The van der Waals surface area contributed by atoms with Gasteiger partial charge in [-0.15, -0.1) is 9.54 Å². The van der Waals surface area contributed by atoms with Crippen LogP contribution in [0.3, 0.4) is 0 Å². The molecule has 0 aliphatic carbocycles. The summed E-state index contributed by atoms with van der Waals surface area (Å²) in [6.45, 7) is 0. The van der Waals surface area contributed by atoms with Gasteiger partial charge in [0.1, 0.15) is 0 Å². The van der Waals surface area contributed by atoms with E-state index >= 15 is 0 Å². The Morgan fingerprint density at radius 3 is 1.41 bits per heavy atom. The van der Waals surface area contributed by atoms with Gasteiger partial charge >= 0.3 is 54.4 Å². The standard InChI is InChI=1S/C9F19N3O/c10-1-29-8(24,25)31(28)9(26,27)30(1)32-7(22,23)5(17,18)3(13,14)2(11,12)4(15,16)6(19,20)21. The van der Waals surface area contributed by atoms with Gasteiger partial charge in [0.2, 0.25) is 0 Å². The highest BCUT2D eigenvalue weighted by Crippen LogP contribution is 2.60. The fourth-order valence-corrected chi connectivity index (χ4v) is 1.57. The van der Waals surface area contributed by atoms with Crippen molar-refractivity contribution in [2.45, 2.75) is 48.3 Å². The first-order chi connectivity index (χ1) is 13.6. The largest absolute Gasteiger partial charge is 0.460 e. The van der Waals surface area contributed by atoms with Crippen LogP contribution in [0, 0.1) is 0 Å². The molecular weight excluding hydrogens is 527 g/mol. The van der Waals surface area contributed by atoms with Gasteiger partial charge in [-0.25, -0.2) is 0 Å². The average Bonchev–Trinajstić information content (AvgIpc) is 2.55. The van der Waals surface area contributed by atoms with Crippen LogP contribution in [0.5, 0.6) is 0 Å². The van der Waals surface area contributed by atoms with Crippen molar-refractivity contribution in [2.24, 2.45) is 4.99 Å². The Morgan fingerprint density at radius 2 is 1.03 bits per heavy atom. The van der Waals surface area contributed by atoms with E-state index in [4.69, 9.17) is 0 Å². The Bertz CT molecular complexity index is 756. The zero-order chi connectivity index (χ0) is 26.1. The lowest BCUT2D eigenvalue weighted by atomic mass is 9.97. The van der Waals surface area contributed by atoms with E-state index in [-0.39, 0.29) is 0 Å². The molecule has 0 atom stereocenters. The van der Waals surface area contributed by atoms with Gasteiger partial charge in [0.05, 0.1) is 0 Å². The number of hydrogen-bond donors (Lipinski definition) is 0. The normalized spacial score (nSPS) is 21.6. The molecule has 0 bridgehead atoms. The highest BCUT2D eigenvalue weighted by atomic mass is 19.4. The highest BCUT2D eigenvalue weighted by Gasteiger charge is 2.92. The van der Waals surface area contributed by atoms with E-state index < -0.39 is 64.6 Å². The van der Waals surface area contributed by atoms with Crippen LogP contribution in [0.4, 0.5) is 83.5 Å². The van der Waals surface area contributed by atoms with E-state index in [0.717, 1.165) is 4.99 Å². The van der Waals surface area contributed by atoms with Crippen LogP contribution in [0.25, 0.3) is 0 Å². The van der Waals surface area contributed by atoms with E-state index in [9.17, 15) is 83.5 Å². The first kappa shape index (κ1) is 28.1. The molecule has 0 fully saturated rings. The van der Waals surface area contributed by atoms with E-state index in [1.54, 1.807) is 0 Å². The van der Waals surface area contributed by atoms with Crippen LogP contribution in [0.2, 0.25) is 0 Å². The molecule has 0 saturated carbocycles. The zero-order valence-electron chi connectivity index (χ0n) is 13.4. The van der Waals surface area contributed by atoms with Gasteiger partial charge in [-0.1, -0.05) is 0 Å². The number of alkyl halides is 17. The lowest BCUT2D eigenvalue weighted by molar-refractivity contribution is -0.525. The van der Waals surface area contributed by atoms with Crippen molar-refractivity contribution in [1.29, 1.82) is 0 Å².